The van der Waals surface area contributed by atoms with Gasteiger partial charge in [0.25, 0.3) is 5.91 Å². The molecule has 0 unspecified atom stereocenters. The predicted octanol–water partition coefficient (Wildman–Crippen LogP) is 3.81. The van der Waals surface area contributed by atoms with Crippen LogP contribution in [0, 0.1) is 0 Å². The number of hydrazine groups is 1. The van der Waals surface area contributed by atoms with Crippen molar-refractivity contribution in [2.75, 3.05) is 37.0 Å². The molecule has 1 aliphatic rings. The molecule has 2 aromatic rings. The molecule has 1 fully saturated rings. The topological polar surface area (TPSA) is 88.2 Å². The predicted molar refractivity (Wildman–Crippen MR) is 124 cm³/mol. The van der Waals surface area contributed by atoms with Crippen molar-refractivity contribution in [3.8, 4) is 5.75 Å². The van der Waals surface area contributed by atoms with E-state index < -0.39 is 6.09 Å². The molecule has 8 nitrogen and oxygen atoms in total. The fourth-order valence-electron chi connectivity index (χ4n) is 3.12. The SMILES string of the molecule is COc1ccc(Cl)cc1NC(=O)CSCC(=O)N1CCCN1C(=O)OCc1ccccc1. The van der Waals surface area contributed by atoms with Crippen LogP contribution in [0.4, 0.5) is 10.5 Å². The van der Waals surface area contributed by atoms with Gasteiger partial charge in [-0.25, -0.2) is 14.8 Å². The minimum Gasteiger partial charge on any atom is -0.495 e. The lowest BCUT2D eigenvalue weighted by Crippen LogP contribution is -2.45. The third-order valence-electron chi connectivity index (χ3n) is 4.63. The van der Waals surface area contributed by atoms with Gasteiger partial charge in [0.15, 0.2) is 0 Å². The molecular weight excluding hydrogens is 454 g/mol. The number of methoxy groups -OCH3 is 1. The summed E-state index contributed by atoms with van der Waals surface area (Å²) in [5, 5.41) is 5.91. The van der Waals surface area contributed by atoms with Gasteiger partial charge < -0.3 is 14.8 Å². The number of rotatable bonds is 8. The molecule has 1 aliphatic heterocycles. The Hall–Kier alpha value is -2.91. The molecule has 3 rings (SSSR count). The zero-order chi connectivity index (χ0) is 22.9. The van der Waals surface area contributed by atoms with E-state index in [4.69, 9.17) is 21.1 Å². The minimum atomic E-state index is -0.560. The highest BCUT2D eigenvalue weighted by Gasteiger charge is 2.31. The number of hydrogen-bond acceptors (Lipinski definition) is 6. The Morgan fingerprint density at radius 3 is 2.56 bits per heavy atom. The number of nitrogens with one attached hydrogen (secondary N) is 1. The van der Waals surface area contributed by atoms with E-state index >= 15 is 0 Å². The molecule has 170 valence electrons. The van der Waals surface area contributed by atoms with Crippen molar-refractivity contribution in [2.45, 2.75) is 13.0 Å². The monoisotopic (exact) mass is 477 g/mol. The normalized spacial score (nSPS) is 13.1. The summed E-state index contributed by atoms with van der Waals surface area (Å²) in [5.74, 6) is 0.0720. The van der Waals surface area contributed by atoms with Crippen LogP contribution < -0.4 is 10.1 Å². The fraction of sp³-hybridized carbons (Fsp3) is 0.318. The van der Waals surface area contributed by atoms with Crippen LogP contribution in [0.3, 0.4) is 0 Å². The smallest absolute Gasteiger partial charge is 0.429 e. The lowest BCUT2D eigenvalue weighted by Gasteiger charge is -2.27. The number of benzene rings is 2. The highest BCUT2D eigenvalue weighted by molar-refractivity contribution is 8.00. The lowest BCUT2D eigenvalue weighted by molar-refractivity contribution is -0.138. The molecule has 0 atom stereocenters. The van der Waals surface area contributed by atoms with Crippen LogP contribution >= 0.6 is 23.4 Å². The number of anilines is 1. The highest BCUT2D eigenvalue weighted by Crippen LogP contribution is 2.27. The number of amides is 3. The molecule has 1 N–H and O–H groups in total. The van der Waals surface area contributed by atoms with Crippen molar-refractivity contribution in [1.82, 2.24) is 10.0 Å². The van der Waals surface area contributed by atoms with Crippen molar-refractivity contribution in [2.24, 2.45) is 0 Å². The van der Waals surface area contributed by atoms with Gasteiger partial charge in [-0.2, -0.15) is 0 Å². The summed E-state index contributed by atoms with van der Waals surface area (Å²) in [4.78, 5) is 37.3. The van der Waals surface area contributed by atoms with Crippen molar-refractivity contribution in [3.63, 3.8) is 0 Å². The highest BCUT2D eigenvalue weighted by atomic mass is 35.5. The largest absolute Gasteiger partial charge is 0.495 e. The maximum Gasteiger partial charge on any atom is 0.429 e. The molecule has 0 aromatic heterocycles. The lowest BCUT2D eigenvalue weighted by atomic mass is 10.2. The summed E-state index contributed by atoms with van der Waals surface area (Å²) in [5.41, 5.74) is 1.33. The zero-order valence-corrected chi connectivity index (χ0v) is 19.2. The summed E-state index contributed by atoms with van der Waals surface area (Å²) < 4.78 is 10.5. The van der Waals surface area contributed by atoms with E-state index in [-0.39, 0.29) is 29.9 Å². The molecule has 0 aliphatic carbocycles. The Labute approximate surface area is 195 Å². The number of hydrogen-bond donors (Lipinski definition) is 1. The molecule has 0 saturated carbocycles. The van der Waals surface area contributed by atoms with Gasteiger partial charge in [-0.15, -0.1) is 11.8 Å². The minimum absolute atomic E-state index is 0.0581. The summed E-state index contributed by atoms with van der Waals surface area (Å²) in [6.07, 6.45) is 0.113. The average Bonchev–Trinajstić information content (AvgIpc) is 3.28. The molecule has 3 amide bonds. The van der Waals surface area contributed by atoms with Gasteiger partial charge in [0, 0.05) is 18.1 Å². The summed E-state index contributed by atoms with van der Waals surface area (Å²) in [7, 11) is 1.50. The van der Waals surface area contributed by atoms with E-state index in [0.29, 0.717) is 36.0 Å². The number of nitrogens with zero attached hydrogens (tertiary/aromatic N) is 2. The standard InChI is InChI=1S/C22H24ClN3O5S/c1-30-19-9-8-17(23)12-18(19)24-20(27)14-32-15-21(28)25-10-5-11-26(25)22(29)31-13-16-6-3-2-4-7-16/h2-4,6-9,12H,5,10-11,13-15H2,1H3,(H,24,27). The maximum absolute atomic E-state index is 12.6. The van der Waals surface area contributed by atoms with E-state index in [2.05, 4.69) is 5.32 Å². The summed E-state index contributed by atoms with van der Waals surface area (Å²) in [6, 6.07) is 14.3. The van der Waals surface area contributed by atoms with Crippen LogP contribution in [0.25, 0.3) is 0 Å². The van der Waals surface area contributed by atoms with Gasteiger partial charge in [0.2, 0.25) is 5.91 Å². The van der Waals surface area contributed by atoms with Crippen molar-refractivity contribution in [3.05, 3.63) is 59.1 Å². The zero-order valence-electron chi connectivity index (χ0n) is 17.6. The second-order valence-corrected chi connectivity index (χ2v) is 8.34. The second kappa shape index (κ2) is 11.6. The third kappa shape index (κ3) is 6.54. The average molecular weight is 478 g/mol. The molecule has 1 heterocycles. The van der Waals surface area contributed by atoms with Crippen molar-refractivity contribution >= 4 is 47.0 Å². The van der Waals surface area contributed by atoms with Crippen LogP contribution in [0.5, 0.6) is 5.75 Å². The first-order valence-corrected chi connectivity index (χ1v) is 11.5. The fourth-order valence-corrected chi connectivity index (χ4v) is 3.98. The van der Waals surface area contributed by atoms with E-state index in [0.717, 1.165) is 17.3 Å². The van der Waals surface area contributed by atoms with Gasteiger partial charge in [0.05, 0.1) is 24.3 Å². The van der Waals surface area contributed by atoms with Crippen molar-refractivity contribution in [1.29, 1.82) is 0 Å². The van der Waals surface area contributed by atoms with Gasteiger partial charge in [-0.05, 0) is 30.2 Å². The molecular formula is C22H24ClN3O5S. The first-order chi connectivity index (χ1) is 15.5. The Kier molecular flexibility index (Phi) is 8.64. The molecule has 1 saturated heterocycles. The van der Waals surface area contributed by atoms with E-state index in [1.807, 2.05) is 30.3 Å². The molecule has 2 aromatic carbocycles. The molecule has 0 bridgehead atoms. The number of halogens is 1. The van der Waals surface area contributed by atoms with Crippen molar-refractivity contribution < 1.29 is 23.9 Å². The Balaban J connectivity index is 1.45. The molecule has 0 radical (unpaired) electrons. The van der Waals surface area contributed by atoms with Gasteiger partial charge in [-0.3, -0.25) is 9.59 Å². The Morgan fingerprint density at radius 1 is 1.06 bits per heavy atom. The van der Waals surface area contributed by atoms with E-state index in [1.165, 1.54) is 17.1 Å². The Bertz CT molecular complexity index is 960. The third-order valence-corrected chi connectivity index (χ3v) is 5.78. The van der Waals surface area contributed by atoms with Gasteiger partial charge in [0.1, 0.15) is 12.4 Å². The van der Waals surface area contributed by atoms with Crippen LogP contribution in [-0.2, 0) is 20.9 Å². The Morgan fingerprint density at radius 2 is 1.81 bits per heavy atom. The maximum atomic E-state index is 12.6. The molecule has 10 heteroatoms. The summed E-state index contributed by atoms with van der Waals surface area (Å²) >= 11 is 7.13. The first kappa shape index (κ1) is 23.7. The van der Waals surface area contributed by atoms with E-state index in [9.17, 15) is 14.4 Å². The van der Waals surface area contributed by atoms with Crippen LogP contribution in [0.2, 0.25) is 5.02 Å². The second-order valence-electron chi connectivity index (χ2n) is 6.92. The van der Waals surface area contributed by atoms with E-state index in [1.54, 1.807) is 18.2 Å². The van der Waals surface area contributed by atoms with Gasteiger partial charge >= 0.3 is 6.09 Å². The quantitative estimate of drug-likeness (QED) is 0.622. The number of thioether (sulfide) groups is 1. The molecule has 32 heavy (non-hydrogen) atoms. The van der Waals surface area contributed by atoms with Crippen LogP contribution in [0.1, 0.15) is 12.0 Å². The van der Waals surface area contributed by atoms with Gasteiger partial charge in [-0.1, -0.05) is 41.9 Å². The summed E-state index contributed by atoms with van der Waals surface area (Å²) in [6.45, 7) is 0.991. The number of carbonyl (C=O) groups excluding carboxylic acids is 3. The van der Waals surface area contributed by atoms with Crippen LogP contribution in [0.15, 0.2) is 48.5 Å². The molecule has 0 spiro atoms. The first-order valence-electron chi connectivity index (χ1n) is 9.97. The van der Waals surface area contributed by atoms with Crippen LogP contribution in [-0.4, -0.2) is 59.6 Å². The number of carbonyl (C=O) groups is 3. The number of ether oxygens (including phenoxy) is 2.